The number of nitrogens with one attached hydrogen (secondary N) is 2. The zero-order valence-electron chi connectivity index (χ0n) is 11.0. The van der Waals surface area contributed by atoms with Crippen LogP contribution in [0, 0.1) is 0 Å². The number of aliphatic hydroxyl groups is 1. The summed E-state index contributed by atoms with van der Waals surface area (Å²) in [6, 6.07) is 7.99. The van der Waals surface area contributed by atoms with Gasteiger partial charge in [0.15, 0.2) is 0 Å². The standard InChI is InChI=1S/C13H14N2O5S/c16-6-7-20-8-13(21-9-4-2-1-3-5-9)10(17)14-12(19)15-11(13)18/h1-5,16H,6-8H2,(H2,14,15,17,18,19). The summed E-state index contributed by atoms with van der Waals surface area (Å²) in [5, 5.41) is 12.9. The number of ether oxygens (including phenoxy) is 1. The molecule has 0 atom stereocenters. The maximum absolute atomic E-state index is 12.2. The molecule has 21 heavy (non-hydrogen) atoms. The van der Waals surface area contributed by atoms with E-state index in [4.69, 9.17) is 9.84 Å². The Morgan fingerprint density at radius 3 is 2.29 bits per heavy atom. The van der Waals surface area contributed by atoms with Crippen LogP contribution in [0.15, 0.2) is 35.2 Å². The summed E-state index contributed by atoms with van der Waals surface area (Å²) < 4.78 is 3.56. The van der Waals surface area contributed by atoms with Crippen LogP contribution in [-0.4, -0.2) is 47.5 Å². The molecule has 4 amide bonds. The van der Waals surface area contributed by atoms with E-state index in [-0.39, 0.29) is 19.8 Å². The van der Waals surface area contributed by atoms with Gasteiger partial charge in [0.2, 0.25) is 4.75 Å². The second-order valence-electron chi connectivity index (χ2n) is 4.26. The number of aliphatic hydroxyl groups excluding tert-OH is 1. The molecule has 0 spiro atoms. The second kappa shape index (κ2) is 6.70. The Kier molecular flexibility index (Phi) is 4.94. The van der Waals surface area contributed by atoms with Gasteiger partial charge >= 0.3 is 6.03 Å². The summed E-state index contributed by atoms with van der Waals surface area (Å²) in [6.45, 7) is -0.488. The number of urea groups is 1. The van der Waals surface area contributed by atoms with E-state index >= 15 is 0 Å². The van der Waals surface area contributed by atoms with Gasteiger partial charge in [0.05, 0.1) is 19.8 Å². The summed E-state index contributed by atoms with van der Waals surface area (Å²) in [6.07, 6.45) is 0. The molecule has 1 aromatic carbocycles. The number of amides is 4. The number of carbonyl (C=O) groups excluding carboxylic acids is 3. The van der Waals surface area contributed by atoms with Crippen LogP contribution in [0.2, 0.25) is 0 Å². The molecule has 1 aliphatic heterocycles. The molecule has 0 aliphatic carbocycles. The molecule has 7 nitrogen and oxygen atoms in total. The van der Waals surface area contributed by atoms with E-state index in [1.807, 2.05) is 6.07 Å². The van der Waals surface area contributed by atoms with Gasteiger partial charge in [-0.05, 0) is 12.1 Å². The first-order valence-corrected chi connectivity index (χ1v) is 6.99. The molecule has 112 valence electrons. The van der Waals surface area contributed by atoms with Gasteiger partial charge in [-0.2, -0.15) is 0 Å². The highest BCUT2D eigenvalue weighted by Crippen LogP contribution is 2.35. The zero-order valence-corrected chi connectivity index (χ0v) is 11.8. The Labute approximate surface area is 125 Å². The summed E-state index contributed by atoms with van der Waals surface area (Å²) in [7, 11) is 0. The monoisotopic (exact) mass is 310 g/mol. The summed E-state index contributed by atoms with van der Waals surface area (Å²) in [5.74, 6) is -1.47. The van der Waals surface area contributed by atoms with Gasteiger partial charge in [0.25, 0.3) is 11.8 Å². The lowest BCUT2D eigenvalue weighted by Gasteiger charge is -2.32. The third-order valence-electron chi connectivity index (χ3n) is 2.76. The van der Waals surface area contributed by atoms with Gasteiger partial charge in [-0.1, -0.05) is 30.0 Å². The fourth-order valence-electron chi connectivity index (χ4n) is 1.77. The maximum Gasteiger partial charge on any atom is 0.328 e. The van der Waals surface area contributed by atoms with E-state index in [1.54, 1.807) is 24.3 Å². The molecular weight excluding hydrogens is 296 g/mol. The van der Waals surface area contributed by atoms with Crippen molar-refractivity contribution in [1.29, 1.82) is 0 Å². The van der Waals surface area contributed by atoms with Crippen LogP contribution < -0.4 is 10.6 Å². The molecule has 0 saturated carbocycles. The third kappa shape index (κ3) is 3.41. The van der Waals surface area contributed by atoms with Crippen LogP contribution in [-0.2, 0) is 14.3 Å². The fourth-order valence-corrected chi connectivity index (χ4v) is 2.89. The first-order valence-electron chi connectivity index (χ1n) is 6.18. The number of carbonyl (C=O) groups is 3. The number of benzene rings is 1. The van der Waals surface area contributed by atoms with Gasteiger partial charge < -0.3 is 9.84 Å². The number of hydrogen-bond acceptors (Lipinski definition) is 6. The molecule has 1 heterocycles. The van der Waals surface area contributed by atoms with E-state index < -0.39 is 22.6 Å². The summed E-state index contributed by atoms with van der Waals surface area (Å²) >= 11 is 0.998. The maximum atomic E-state index is 12.2. The molecule has 0 bridgehead atoms. The average molecular weight is 310 g/mol. The minimum atomic E-state index is -1.61. The second-order valence-corrected chi connectivity index (χ2v) is 5.63. The molecule has 3 N–H and O–H groups in total. The molecule has 1 fully saturated rings. The van der Waals surface area contributed by atoms with Gasteiger partial charge in [-0.15, -0.1) is 0 Å². The van der Waals surface area contributed by atoms with E-state index in [0.717, 1.165) is 11.8 Å². The van der Waals surface area contributed by atoms with Crippen molar-refractivity contribution < 1.29 is 24.2 Å². The van der Waals surface area contributed by atoms with Crippen molar-refractivity contribution in [1.82, 2.24) is 10.6 Å². The van der Waals surface area contributed by atoms with Crippen molar-refractivity contribution in [2.75, 3.05) is 19.8 Å². The Morgan fingerprint density at radius 2 is 1.71 bits per heavy atom. The summed E-state index contributed by atoms with van der Waals surface area (Å²) in [4.78, 5) is 36.2. The number of imide groups is 2. The molecule has 0 unspecified atom stereocenters. The highest BCUT2D eigenvalue weighted by Gasteiger charge is 2.51. The lowest BCUT2D eigenvalue weighted by atomic mass is 10.1. The lowest BCUT2D eigenvalue weighted by molar-refractivity contribution is -0.136. The first kappa shape index (κ1) is 15.5. The van der Waals surface area contributed by atoms with Gasteiger partial charge in [0, 0.05) is 4.90 Å². The number of barbiturate groups is 1. The lowest BCUT2D eigenvalue weighted by Crippen LogP contribution is -2.66. The van der Waals surface area contributed by atoms with Crippen LogP contribution in [0.5, 0.6) is 0 Å². The molecule has 1 aromatic rings. The third-order valence-corrected chi connectivity index (χ3v) is 4.11. The van der Waals surface area contributed by atoms with Crippen molar-refractivity contribution >= 4 is 29.6 Å². The minimum Gasteiger partial charge on any atom is -0.394 e. The molecule has 2 rings (SSSR count). The molecule has 0 aromatic heterocycles. The Balaban J connectivity index is 2.27. The molecule has 0 radical (unpaired) electrons. The largest absolute Gasteiger partial charge is 0.394 e. The highest BCUT2D eigenvalue weighted by atomic mass is 32.2. The molecule has 1 saturated heterocycles. The minimum absolute atomic E-state index is 0.00833. The fraction of sp³-hybridized carbons (Fsp3) is 0.308. The van der Waals surface area contributed by atoms with E-state index in [0.29, 0.717) is 4.90 Å². The smallest absolute Gasteiger partial charge is 0.328 e. The van der Waals surface area contributed by atoms with Crippen LogP contribution in [0.1, 0.15) is 0 Å². The summed E-state index contributed by atoms with van der Waals surface area (Å²) in [5.41, 5.74) is 0. The number of hydrogen-bond donors (Lipinski definition) is 3. The van der Waals surface area contributed by atoms with Crippen LogP contribution >= 0.6 is 11.8 Å². The van der Waals surface area contributed by atoms with E-state index in [9.17, 15) is 14.4 Å². The SMILES string of the molecule is O=C1NC(=O)C(COCCO)(Sc2ccccc2)C(=O)N1. The van der Waals surface area contributed by atoms with Crippen LogP contribution in [0.4, 0.5) is 4.79 Å². The normalized spacial score (nSPS) is 17.3. The van der Waals surface area contributed by atoms with Crippen LogP contribution in [0.3, 0.4) is 0 Å². The van der Waals surface area contributed by atoms with Crippen molar-refractivity contribution in [3.63, 3.8) is 0 Å². The van der Waals surface area contributed by atoms with Crippen molar-refractivity contribution in [3.8, 4) is 0 Å². The Hall–Kier alpha value is -1.90. The number of thioether (sulfide) groups is 1. The van der Waals surface area contributed by atoms with E-state index in [2.05, 4.69) is 10.6 Å². The van der Waals surface area contributed by atoms with Crippen LogP contribution in [0.25, 0.3) is 0 Å². The molecule has 8 heteroatoms. The quantitative estimate of drug-likeness (QED) is 0.500. The average Bonchev–Trinajstić information content (AvgIpc) is 2.45. The van der Waals surface area contributed by atoms with Gasteiger partial charge in [0.1, 0.15) is 0 Å². The van der Waals surface area contributed by atoms with Gasteiger partial charge in [-0.3, -0.25) is 20.2 Å². The Bertz CT molecular complexity index is 529. The van der Waals surface area contributed by atoms with Crippen molar-refractivity contribution in [2.45, 2.75) is 9.64 Å². The van der Waals surface area contributed by atoms with Crippen molar-refractivity contribution in [3.05, 3.63) is 30.3 Å². The molecular formula is C13H14N2O5S. The highest BCUT2D eigenvalue weighted by molar-refractivity contribution is 8.02. The Morgan fingerprint density at radius 1 is 1.10 bits per heavy atom. The van der Waals surface area contributed by atoms with E-state index in [1.165, 1.54) is 0 Å². The van der Waals surface area contributed by atoms with Gasteiger partial charge in [-0.25, -0.2) is 4.79 Å². The topological polar surface area (TPSA) is 105 Å². The number of rotatable bonds is 6. The van der Waals surface area contributed by atoms with Crippen molar-refractivity contribution in [2.24, 2.45) is 0 Å². The first-order chi connectivity index (χ1) is 10.1. The predicted molar refractivity (Wildman–Crippen MR) is 74.6 cm³/mol. The molecule has 1 aliphatic rings. The zero-order chi connectivity index (χ0) is 15.3. The predicted octanol–water partition coefficient (Wildman–Crippen LogP) is -0.108.